The van der Waals surface area contributed by atoms with Crippen molar-refractivity contribution < 1.29 is 14.1 Å². The fraction of sp³-hybridized carbons (Fsp3) is 0.955. The van der Waals surface area contributed by atoms with Gasteiger partial charge in [-0.1, -0.05) is 13.3 Å². The van der Waals surface area contributed by atoms with Crippen LogP contribution in [0.4, 0.5) is 0 Å². The largest absolute Gasteiger partial charge is 0.392 e. The van der Waals surface area contributed by atoms with E-state index in [1.165, 1.54) is 19.3 Å². The van der Waals surface area contributed by atoms with Gasteiger partial charge in [-0.05, 0) is 86.4 Å². The van der Waals surface area contributed by atoms with E-state index in [0.29, 0.717) is 23.5 Å². The first kappa shape index (κ1) is 19.9. The quantitative estimate of drug-likeness (QED) is 0.771. The van der Waals surface area contributed by atoms with E-state index in [4.69, 9.17) is 0 Å². The topological polar surface area (TPSA) is 66.4 Å². The first-order valence-corrected chi connectivity index (χ1v) is 12.6. The summed E-state index contributed by atoms with van der Waals surface area (Å²) in [5.41, 5.74) is 0.0780. The van der Waals surface area contributed by atoms with Crippen molar-refractivity contribution in [2.45, 2.75) is 83.8 Å². The number of aliphatic hydroxyl groups is 1. The Balaban J connectivity index is 1.68. The van der Waals surface area contributed by atoms with E-state index in [1.807, 2.05) is 0 Å². The van der Waals surface area contributed by atoms with Gasteiger partial charge in [0.25, 0.3) is 0 Å². The van der Waals surface area contributed by atoms with Gasteiger partial charge in [0.15, 0.2) is 0 Å². The Bertz CT molecular complexity index is 653. The molecule has 2 N–H and O–H groups in total. The van der Waals surface area contributed by atoms with Crippen molar-refractivity contribution in [2.75, 3.05) is 12.0 Å². The number of carbonyl (C=O) groups is 1. The molecule has 154 valence electrons. The average Bonchev–Trinajstić information content (AvgIpc) is 2.56. The van der Waals surface area contributed by atoms with Gasteiger partial charge >= 0.3 is 0 Å². The monoisotopic (exact) mass is 395 g/mol. The smallest absolute Gasteiger partial charge is 0.217 e. The molecule has 27 heavy (non-hydrogen) atoms. The van der Waals surface area contributed by atoms with Crippen LogP contribution in [0.15, 0.2) is 0 Å². The number of rotatable bonds is 3. The van der Waals surface area contributed by atoms with Crippen LogP contribution >= 0.6 is 0 Å². The van der Waals surface area contributed by atoms with E-state index < -0.39 is 10.8 Å². The fourth-order valence-electron chi connectivity index (χ4n) is 8.52. The van der Waals surface area contributed by atoms with Crippen LogP contribution in [0, 0.1) is 34.5 Å². The molecule has 5 aliphatic rings. The molecule has 5 saturated carbocycles. The SMILES string of the molecule is CC(=O)N[C@]1(C)CCC[C@@]2(C)[C@@H]3C[C@@H]4CC[C@@]3(CC[C@@H]21)[C@H](O)[C@H]4CS(C)=O. The van der Waals surface area contributed by atoms with E-state index in [2.05, 4.69) is 19.2 Å². The maximum Gasteiger partial charge on any atom is 0.217 e. The van der Waals surface area contributed by atoms with E-state index in [0.717, 1.165) is 32.1 Å². The maximum atomic E-state index is 11.9. The summed E-state index contributed by atoms with van der Waals surface area (Å²) < 4.78 is 11.9. The van der Waals surface area contributed by atoms with Crippen molar-refractivity contribution >= 4 is 16.7 Å². The molecule has 2 bridgehead atoms. The summed E-state index contributed by atoms with van der Waals surface area (Å²) in [6, 6.07) is 0. The van der Waals surface area contributed by atoms with Gasteiger partial charge in [-0.25, -0.2) is 0 Å². The van der Waals surface area contributed by atoms with Crippen molar-refractivity contribution in [3.63, 3.8) is 0 Å². The van der Waals surface area contributed by atoms with E-state index in [1.54, 1.807) is 13.2 Å². The summed E-state index contributed by atoms with van der Waals surface area (Å²) in [7, 11) is -0.846. The van der Waals surface area contributed by atoms with Crippen molar-refractivity contribution in [1.29, 1.82) is 0 Å². The number of aliphatic hydroxyl groups excluding tert-OH is 1. The molecule has 0 heterocycles. The molecular weight excluding hydrogens is 358 g/mol. The summed E-state index contributed by atoms with van der Waals surface area (Å²) in [6.07, 6.45) is 10.6. The molecule has 5 heteroatoms. The minimum absolute atomic E-state index is 0.0124. The second-order valence-electron chi connectivity index (χ2n) is 10.7. The Morgan fingerprint density at radius 1 is 1.15 bits per heavy atom. The third-order valence-corrected chi connectivity index (χ3v) is 10.2. The van der Waals surface area contributed by atoms with Crippen LogP contribution in [0.1, 0.15) is 72.1 Å². The maximum absolute atomic E-state index is 11.9. The van der Waals surface area contributed by atoms with Crippen molar-refractivity contribution in [3.8, 4) is 0 Å². The zero-order valence-electron chi connectivity index (χ0n) is 17.4. The molecular formula is C22H37NO3S. The Kier molecular flexibility index (Phi) is 4.82. The Morgan fingerprint density at radius 2 is 1.85 bits per heavy atom. The molecule has 0 aromatic heterocycles. The van der Waals surface area contributed by atoms with Crippen molar-refractivity contribution in [2.24, 2.45) is 34.5 Å². The first-order valence-electron chi connectivity index (χ1n) is 10.9. The zero-order chi connectivity index (χ0) is 19.6. The normalized spacial score (nSPS) is 52.6. The van der Waals surface area contributed by atoms with Crippen LogP contribution in [0.3, 0.4) is 0 Å². The number of hydrogen-bond donors (Lipinski definition) is 2. The first-order chi connectivity index (χ1) is 12.6. The molecule has 5 fully saturated rings. The molecule has 0 aromatic carbocycles. The predicted molar refractivity (Wildman–Crippen MR) is 109 cm³/mol. The highest BCUT2D eigenvalue weighted by molar-refractivity contribution is 7.84. The summed E-state index contributed by atoms with van der Waals surface area (Å²) in [5, 5.41) is 14.8. The summed E-state index contributed by atoms with van der Waals surface area (Å²) in [5.74, 6) is 2.49. The molecule has 1 amide bonds. The molecule has 0 aromatic rings. The highest BCUT2D eigenvalue weighted by Gasteiger charge is 2.67. The van der Waals surface area contributed by atoms with Gasteiger partial charge in [0.05, 0.1) is 6.10 Å². The van der Waals surface area contributed by atoms with Gasteiger partial charge in [0.2, 0.25) is 5.91 Å². The summed E-state index contributed by atoms with van der Waals surface area (Å²) >= 11 is 0. The fourth-order valence-corrected chi connectivity index (χ4v) is 9.52. The number of hydrogen-bond acceptors (Lipinski definition) is 3. The van der Waals surface area contributed by atoms with Crippen LogP contribution in [-0.2, 0) is 15.6 Å². The van der Waals surface area contributed by atoms with Crippen molar-refractivity contribution in [1.82, 2.24) is 5.32 Å². The van der Waals surface area contributed by atoms with Gasteiger partial charge in [-0.3, -0.25) is 9.00 Å². The van der Waals surface area contributed by atoms with E-state index in [9.17, 15) is 14.1 Å². The Hall–Kier alpha value is -0.420. The lowest BCUT2D eigenvalue weighted by molar-refractivity contribution is -0.233. The number of carbonyl (C=O) groups excluding carboxylic acids is 1. The predicted octanol–water partition coefficient (Wildman–Crippen LogP) is 3.25. The van der Waals surface area contributed by atoms with Gasteiger partial charge in [0, 0.05) is 35.3 Å². The Labute approximate surface area is 166 Å². The van der Waals surface area contributed by atoms with Crippen LogP contribution < -0.4 is 5.32 Å². The van der Waals surface area contributed by atoms with Gasteiger partial charge in [0.1, 0.15) is 0 Å². The van der Waals surface area contributed by atoms with E-state index >= 15 is 0 Å². The van der Waals surface area contributed by atoms with Gasteiger partial charge in [-0.15, -0.1) is 0 Å². The third-order valence-electron chi connectivity index (χ3n) is 9.37. The number of amides is 1. The molecule has 0 saturated heterocycles. The molecule has 4 nitrogen and oxygen atoms in total. The lowest BCUT2D eigenvalue weighted by Gasteiger charge is -2.70. The number of nitrogens with one attached hydrogen (secondary N) is 1. The summed E-state index contributed by atoms with van der Waals surface area (Å²) in [6.45, 7) is 6.36. The zero-order valence-corrected chi connectivity index (χ0v) is 18.2. The van der Waals surface area contributed by atoms with Gasteiger partial charge in [-0.2, -0.15) is 0 Å². The number of fused-ring (bicyclic) bond motifs is 3. The van der Waals surface area contributed by atoms with Crippen LogP contribution in [0.5, 0.6) is 0 Å². The molecule has 0 radical (unpaired) electrons. The second-order valence-corrected chi connectivity index (χ2v) is 12.2. The van der Waals surface area contributed by atoms with Gasteiger partial charge < -0.3 is 10.4 Å². The standard InChI is InChI=1S/C22H37NO3S/c1-14(24)23-21(3)9-5-8-20(2)17(21)7-11-22-10-6-15(12-18(20)22)16(19(22)25)13-27(4)26/h15-19,25H,5-13H2,1-4H3,(H,23,24)/t15-,16-,17-,18-,19+,20+,21+,22-,27?/m0/s1. The molecule has 1 unspecified atom stereocenters. The van der Waals surface area contributed by atoms with Crippen LogP contribution in [0.2, 0.25) is 0 Å². The van der Waals surface area contributed by atoms with Crippen LogP contribution in [-0.4, -0.2) is 38.9 Å². The van der Waals surface area contributed by atoms with E-state index in [-0.39, 0.29) is 34.3 Å². The van der Waals surface area contributed by atoms with Crippen LogP contribution in [0.25, 0.3) is 0 Å². The molecule has 0 aliphatic heterocycles. The lowest BCUT2D eigenvalue weighted by Crippen LogP contribution is -2.69. The molecule has 5 aliphatic carbocycles. The molecule has 1 spiro atoms. The second kappa shape index (κ2) is 6.55. The highest BCUT2D eigenvalue weighted by atomic mass is 32.2. The lowest BCUT2D eigenvalue weighted by atomic mass is 9.36. The molecule has 5 rings (SSSR count). The summed E-state index contributed by atoms with van der Waals surface area (Å²) in [4.78, 5) is 11.9. The van der Waals surface area contributed by atoms with Crippen molar-refractivity contribution in [3.05, 3.63) is 0 Å². The minimum atomic E-state index is -0.846. The molecule has 9 atom stereocenters. The average molecular weight is 396 g/mol. The Morgan fingerprint density at radius 3 is 2.52 bits per heavy atom. The highest BCUT2D eigenvalue weighted by Crippen LogP contribution is 2.71. The minimum Gasteiger partial charge on any atom is -0.392 e. The third kappa shape index (κ3) is 2.86.